The van der Waals surface area contributed by atoms with Crippen molar-refractivity contribution in [3.63, 3.8) is 0 Å². The van der Waals surface area contributed by atoms with Gasteiger partial charge in [0.2, 0.25) is 0 Å². The highest BCUT2D eigenvalue weighted by atomic mass is 35.5. The van der Waals surface area contributed by atoms with Crippen LogP contribution in [0.2, 0.25) is 5.15 Å². The fourth-order valence-electron chi connectivity index (χ4n) is 1.05. The van der Waals surface area contributed by atoms with E-state index in [1.807, 2.05) is 0 Å². The van der Waals surface area contributed by atoms with Crippen molar-refractivity contribution in [1.29, 1.82) is 0 Å². The second kappa shape index (κ2) is 4.71. The minimum Gasteiger partial charge on any atom is -0.231 e. The van der Waals surface area contributed by atoms with Gasteiger partial charge in [-0.2, -0.15) is 13.2 Å². The van der Waals surface area contributed by atoms with Crippen molar-refractivity contribution in [2.45, 2.75) is 18.5 Å². The molecule has 0 aliphatic heterocycles. The van der Waals surface area contributed by atoms with Crippen LogP contribution in [-0.4, -0.2) is 4.98 Å². The van der Waals surface area contributed by atoms with Gasteiger partial charge in [0.25, 0.3) is 6.43 Å². The maximum absolute atomic E-state index is 12.4. The molecule has 16 heavy (non-hydrogen) atoms. The molecule has 0 aliphatic rings. The summed E-state index contributed by atoms with van der Waals surface area (Å²) in [5.41, 5.74) is -2.61. The monoisotopic (exact) mass is 279 g/mol. The normalized spacial score (nSPS) is 12.2. The number of pyridine rings is 1. The highest BCUT2D eigenvalue weighted by molar-refractivity contribution is 6.30. The van der Waals surface area contributed by atoms with E-state index in [4.69, 9.17) is 23.2 Å². The molecule has 8 heteroatoms. The summed E-state index contributed by atoms with van der Waals surface area (Å²) in [7, 11) is 0. The average molecular weight is 280 g/mol. The lowest BCUT2D eigenvalue weighted by molar-refractivity contribution is -0.141. The SMILES string of the molecule is FC(F)c1cc(CCl)c(C(F)(F)F)nc1Cl. The summed E-state index contributed by atoms with van der Waals surface area (Å²) in [5, 5.41) is -0.865. The van der Waals surface area contributed by atoms with Gasteiger partial charge in [-0.15, -0.1) is 11.6 Å². The molecule has 1 heterocycles. The Kier molecular flexibility index (Phi) is 3.96. The molecule has 0 spiro atoms. The summed E-state index contributed by atoms with van der Waals surface area (Å²) in [6.07, 6.45) is -7.77. The Bertz CT molecular complexity index is 391. The number of alkyl halides is 6. The van der Waals surface area contributed by atoms with Crippen molar-refractivity contribution in [3.8, 4) is 0 Å². The second-order valence-electron chi connectivity index (χ2n) is 2.81. The van der Waals surface area contributed by atoms with Crippen LogP contribution in [0, 0.1) is 0 Å². The molecule has 0 aliphatic carbocycles. The third-order valence-electron chi connectivity index (χ3n) is 1.73. The van der Waals surface area contributed by atoms with Crippen molar-refractivity contribution < 1.29 is 22.0 Å². The van der Waals surface area contributed by atoms with Crippen molar-refractivity contribution in [2.75, 3.05) is 0 Å². The van der Waals surface area contributed by atoms with Gasteiger partial charge in [0.05, 0.1) is 5.56 Å². The van der Waals surface area contributed by atoms with Crippen molar-refractivity contribution in [1.82, 2.24) is 4.98 Å². The zero-order valence-electron chi connectivity index (χ0n) is 7.45. The smallest absolute Gasteiger partial charge is 0.231 e. The molecule has 1 aromatic heterocycles. The molecular weight excluding hydrogens is 276 g/mol. The predicted molar refractivity (Wildman–Crippen MR) is 48.8 cm³/mol. The molecular formula is C8H4Cl2F5N. The van der Waals surface area contributed by atoms with E-state index in [2.05, 4.69) is 4.98 Å². The molecule has 0 fully saturated rings. The first-order chi connectivity index (χ1) is 7.27. The molecule has 0 unspecified atom stereocenters. The Morgan fingerprint density at radius 2 is 1.88 bits per heavy atom. The van der Waals surface area contributed by atoms with Crippen molar-refractivity contribution >= 4 is 23.2 Å². The highest BCUT2D eigenvalue weighted by Crippen LogP contribution is 2.35. The van der Waals surface area contributed by atoms with Crippen LogP contribution in [0.1, 0.15) is 23.2 Å². The fraction of sp³-hybridized carbons (Fsp3) is 0.375. The van der Waals surface area contributed by atoms with Crippen LogP contribution < -0.4 is 0 Å². The topological polar surface area (TPSA) is 12.9 Å². The minimum absolute atomic E-state index is 0.520. The first-order valence-electron chi connectivity index (χ1n) is 3.88. The molecule has 0 radical (unpaired) electrons. The third-order valence-corrected chi connectivity index (χ3v) is 2.32. The van der Waals surface area contributed by atoms with Gasteiger partial charge in [-0.1, -0.05) is 11.6 Å². The summed E-state index contributed by atoms with van der Waals surface area (Å²) in [5.74, 6) is -0.571. The molecule has 0 bridgehead atoms. The van der Waals surface area contributed by atoms with Gasteiger partial charge < -0.3 is 0 Å². The Labute approximate surface area is 97.2 Å². The maximum atomic E-state index is 12.4. The Hall–Kier alpha value is -0.620. The summed E-state index contributed by atoms with van der Waals surface area (Å²) < 4.78 is 61.8. The quantitative estimate of drug-likeness (QED) is 0.443. The number of aromatic nitrogens is 1. The van der Waals surface area contributed by atoms with Gasteiger partial charge in [0.1, 0.15) is 5.15 Å². The number of nitrogens with zero attached hydrogens (tertiary/aromatic N) is 1. The molecule has 0 atom stereocenters. The van der Waals surface area contributed by atoms with E-state index in [0.717, 1.165) is 0 Å². The molecule has 0 aromatic carbocycles. The van der Waals surface area contributed by atoms with Gasteiger partial charge in [-0.05, 0) is 11.6 Å². The summed E-state index contributed by atoms with van der Waals surface area (Å²) in [6, 6.07) is 0.621. The van der Waals surface area contributed by atoms with E-state index in [9.17, 15) is 22.0 Å². The molecule has 0 saturated heterocycles. The van der Waals surface area contributed by atoms with E-state index >= 15 is 0 Å². The molecule has 0 saturated carbocycles. The van der Waals surface area contributed by atoms with Crippen LogP contribution in [0.4, 0.5) is 22.0 Å². The van der Waals surface area contributed by atoms with Crippen molar-refractivity contribution in [3.05, 3.63) is 28.0 Å². The van der Waals surface area contributed by atoms with Crippen LogP contribution in [0.25, 0.3) is 0 Å². The Morgan fingerprint density at radius 3 is 2.25 bits per heavy atom. The molecule has 1 rings (SSSR count). The predicted octanol–water partition coefficient (Wildman–Crippen LogP) is 4.43. The van der Waals surface area contributed by atoms with Crippen LogP contribution in [-0.2, 0) is 12.1 Å². The van der Waals surface area contributed by atoms with Crippen LogP contribution in [0.3, 0.4) is 0 Å². The molecule has 1 nitrogen and oxygen atoms in total. The Balaban J connectivity index is 3.38. The zero-order valence-corrected chi connectivity index (χ0v) is 8.97. The van der Waals surface area contributed by atoms with Gasteiger partial charge in [0.15, 0.2) is 5.69 Å². The second-order valence-corrected chi connectivity index (χ2v) is 3.43. The molecule has 0 amide bonds. The largest absolute Gasteiger partial charge is 0.433 e. The maximum Gasteiger partial charge on any atom is 0.433 e. The van der Waals surface area contributed by atoms with Gasteiger partial charge in [-0.3, -0.25) is 0 Å². The summed E-state index contributed by atoms with van der Waals surface area (Å²) >= 11 is 10.5. The number of rotatable bonds is 2. The van der Waals surface area contributed by atoms with Crippen LogP contribution in [0.5, 0.6) is 0 Å². The van der Waals surface area contributed by atoms with E-state index in [1.165, 1.54) is 0 Å². The molecule has 1 aromatic rings. The van der Waals surface area contributed by atoms with Gasteiger partial charge >= 0.3 is 6.18 Å². The third kappa shape index (κ3) is 2.74. The lowest BCUT2D eigenvalue weighted by atomic mass is 10.1. The molecule has 90 valence electrons. The first kappa shape index (κ1) is 13.4. The van der Waals surface area contributed by atoms with E-state index in [1.54, 1.807) is 0 Å². The van der Waals surface area contributed by atoms with E-state index in [0.29, 0.717) is 6.07 Å². The standard InChI is InChI=1S/C8H4Cl2F5N/c9-2-3-1-4(7(11)12)6(10)16-5(3)8(13,14)15/h1,7H,2H2. The minimum atomic E-state index is -4.77. The average Bonchev–Trinajstić information content (AvgIpc) is 2.15. The van der Waals surface area contributed by atoms with E-state index < -0.39 is 40.5 Å². The number of hydrogen-bond acceptors (Lipinski definition) is 1. The van der Waals surface area contributed by atoms with Gasteiger partial charge in [-0.25, -0.2) is 13.8 Å². The lowest BCUT2D eigenvalue weighted by Crippen LogP contribution is -2.12. The number of hydrogen-bond donors (Lipinski definition) is 0. The first-order valence-corrected chi connectivity index (χ1v) is 4.79. The fourth-order valence-corrected chi connectivity index (χ4v) is 1.48. The van der Waals surface area contributed by atoms with Gasteiger partial charge in [0, 0.05) is 5.88 Å². The Morgan fingerprint density at radius 1 is 1.31 bits per heavy atom. The summed E-state index contributed by atoms with van der Waals surface area (Å²) in [6.45, 7) is 0. The van der Waals surface area contributed by atoms with Crippen LogP contribution in [0.15, 0.2) is 6.07 Å². The van der Waals surface area contributed by atoms with Crippen molar-refractivity contribution in [2.24, 2.45) is 0 Å². The van der Waals surface area contributed by atoms with Crippen LogP contribution >= 0.6 is 23.2 Å². The highest BCUT2D eigenvalue weighted by Gasteiger charge is 2.36. The van der Waals surface area contributed by atoms with E-state index in [-0.39, 0.29) is 0 Å². The molecule has 0 N–H and O–H groups in total. The lowest BCUT2D eigenvalue weighted by Gasteiger charge is -2.12. The number of halogens is 7. The zero-order chi connectivity index (χ0) is 12.5. The summed E-state index contributed by atoms with van der Waals surface area (Å²) in [4.78, 5) is 2.91.